The number of benzene rings is 4. The molecule has 0 fully saturated rings. The highest BCUT2D eigenvalue weighted by molar-refractivity contribution is 7.98. The summed E-state index contributed by atoms with van der Waals surface area (Å²) >= 11 is 1.63. The van der Waals surface area contributed by atoms with Crippen molar-refractivity contribution in [1.29, 1.82) is 0 Å². The van der Waals surface area contributed by atoms with Crippen LogP contribution in [0.15, 0.2) is 102 Å². The second-order valence-corrected chi connectivity index (χ2v) is 8.29. The summed E-state index contributed by atoms with van der Waals surface area (Å²) in [7, 11) is 0. The number of fused-ring (bicyclic) bond motifs is 1. The van der Waals surface area contributed by atoms with Crippen molar-refractivity contribution in [3.05, 3.63) is 120 Å². The molecule has 4 aromatic carbocycles. The van der Waals surface area contributed by atoms with E-state index in [0.717, 1.165) is 28.0 Å². The summed E-state index contributed by atoms with van der Waals surface area (Å²) in [6, 6.07) is 31.5. The Morgan fingerprint density at radius 1 is 0.710 bits per heavy atom. The van der Waals surface area contributed by atoms with Gasteiger partial charge in [-0.05, 0) is 46.2 Å². The Balaban J connectivity index is 1.46. The van der Waals surface area contributed by atoms with Crippen LogP contribution in [0.3, 0.4) is 0 Å². The fourth-order valence-corrected chi connectivity index (χ4v) is 4.53. The number of thioether (sulfide) groups is 1. The summed E-state index contributed by atoms with van der Waals surface area (Å²) in [6.45, 7) is 0. The lowest BCUT2D eigenvalue weighted by atomic mass is 10.1. The largest absolute Gasteiger partial charge is 0.274 e. The Labute approximate surface area is 184 Å². The molecular weight excluding hydrogens is 405 g/mol. The lowest BCUT2D eigenvalue weighted by molar-refractivity contribution is 0.627. The number of aromatic nitrogens is 3. The van der Waals surface area contributed by atoms with Crippen LogP contribution in [0.25, 0.3) is 16.5 Å². The van der Waals surface area contributed by atoms with Crippen molar-refractivity contribution in [2.24, 2.45) is 0 Å². The molecule has 0 unspecified atom stereocenters. The fraction of sp³-hybridized carbons (Fsp3) is 0.0769. The zero-order valence-electron chi connectivity index (χ0n) is 16.8. The predicted molar refractivity (Wildman–Crippen MR) is 124 cm³/mol. The van der Waals surface area contributed by atoms with Gasteiger partial charge in [-0.2, -0.15) is 0 Å². The molecule has 1 aromatic heterocycles. The Hall–Kier alpha value is -3.44. The molecule has 31 heavy (non-hydrogen) atoms. The van der Waals surface area contributed by atoms with Gasteiger partial charge in [-0.3, -0.25) is 4.57 Å². The van der Waals surface area contributed by atoms with Crippen molar-refractivity contribution in [1.82, 2.24) is 14.8 Å². The van der Waals surface area contributed by atoms with Crippen LogP contribution in [0.5, 0.6) is 0 Å². The molecule has 0 radical (unpaired) electrons. The van der Waals surface area contributed by atoms with Gasteiger partial charge in [0, 0.05) is 17.9 Å². The average Bonchev–Trinajstić information content (AvgIpc) is 3.21. The third-order valence-electron chi connectivity index (χ3n) is 5.17. The van der Waals surface area contributed by atoms with Crippen molar-refractivity contribution < 1.29 is 4.39 Å². The first-order valence-corrected chi connectivity index (χ1v) is 11.1. The number of nitrogens with zero attached hydrogens (tertiary/aromatic N) is 3. The highest BCUT2D eigenvalue weighted by Crippen LogP contribution is 2.27. The lowest BCUT2D eigenvalue weighted by Crippen LogP contribution is -2.04. The summed E-state index contributed by atoms with van der Waals surface area (Å²) in [5.74, 6) is 1.35. The van der Waals surface area contributed by atoms with Gasteiger partial charge in [0.2, 0.25) is 0 Å². The van der Waals surface area contributed by atoms with Gasteiger partial charge in [-0.15, -0.1) is 10.2 Å². The minimum atomic E-state index is -0.258. The molecule has 5 aromatic rings. The van der Waals surface area contributed by atoms with Crippen LogP contribution in [0.4, 0.5) is 4.39 Å². The van der Waals surface area contributed by atoms with Gasteiger partial charge in [0.15, 0.2) is 5.16 Å². The van der Waals surface area contributed by atoms with Gasteiger partial charge in [-0.25, -0.2) is 4.39 Å². The van der Waals surface area contributed by atoms with Crippen LogP contribution >= 0.6 is 11.8 Å². The van der Waals surface area contributed by atoms with E-state index >= 15 is 0 Å². The molecule has 0 bridgehead atoms. The Bertz CT molecular complexity index is 1310. The van der Waals surface area contributed by atoms with Crippen LogP contribution in [0.2, 0.25) is 0 Å². The van der Waals surface area contributed by atoms with E-state index in [9.17, 15) is 4.39 Å². The molecule has 1 heterocycles. The van der Waals surface area contributed by atoms with Crippen LogP contribution in [-0.2, 0) is 12.2 Å². The molecule has 0 aliphatic carbocycles. The molecule has 152 valence electrons. The molecule has 0 aliphatic heterocycles. The normalized spacial score (nSPS) is 11.1. The van der Waals surface area contributed by atoms with Crippen molar-refractivity contribution in [2.75, 3.05) is 0 Å². The second-order valence-electron chi connectivity index (χ2n) is 7.34. The van der Waals surface area contributed by atoms with E-state index in [1.807, 2.05) is 22.8 Å². The van der Waals surface area contributed by atoms with Crippen molar-refractivity contribution in [3.8, 4) is 5.69 Å². The molecule has 0 amide bonds. The van der Waals surface area contributed by atoms with Crippen LogP contribution in [0.1, 0.15) is 17.0 Å². The van der Waals surface area contributed by atoms with E-state index in [4.69, 9.17) is 0 Å². The first-order valence-electron chi connectivity index (χ1n) is 10.1. The van der Waals surface area contributed by atoms with Crippen LogP contribution in [-0.4, -0.2) is 14.8 Å². The molecule has 3 nitrogen and oxygen atoms in total. The number of hydrogen-bond donors (Lipinski definition) is 0. The molecular formula is C26H20FN3S. The van der Waals surface area contributed by atoms with Gasteiger partial charge in [0.25, 0.3) is 0 Å². The Morgan fingerprint density at radius 3 is 2.26 bits per heavy atom. The van der Waals surface area contributed by atoms with Gasteiger partial charge in [0.05, 0.1) is 0 Å². The molecule has 0 spiro atoms. The van der Waals surface area contributed by atoms with E-state index < -0.39 is 0 Å². The summed E-state index contributed by atoms with van der Waals surface area (Å²) in [5.41, 5.74) is 3.24. The lowest BCUT2D eigenvalue weighted by Gasteiger charge is -2.11. The van der Waals surface area contributed by atoms with Crippen molar-refractivity contribution >= 4 is 22.5 Å². The first-order chi connectivity index (χ1) is 15.3. The molecule has 0 N–H and O–H groups in total. The number of hydrogen-bond acceptors (Lipinski definition) is 3. The molecule has 5 heteroatoms. The standard InChI is InChI=1S/C26H20FN3S/c27-23-12-14-24(15-13-23)30-25(17-19-6-2-1-3-7-19)28-29-26(30)31-18-20-10-11-21-8-4-5-9-22(21)16-20/h1-16H,17-18H2. The average molecular weight is 426 g/mol. The van der Waals surface area contributed by atoms with E-state index in [1.165, 1.54) is 28.5 Å². The Kier molecular flexibility index (Phi) is 5.50. The van der Waals surface area contributed by atoms with Gasteiger partial charge in [-0.1, -0.05) is 84.6 Å². The van der Waals surface area contributed by atoms with Crippen LogP contribution in [0, 0.1) is 5.82 Å². The maximum absolute atomic E-state index is 13.5. The predicted octanol–water partition coefficient (Wildman–Crippen LogP) is 6.44. The minimum Gasteiger partial charge on any atom is -0.274 e. The van der Waals surface area contributed by atoms with E-state index in [-0.39, 0.29) is 5.82 Å². The first kappa shape index (κ1) is 19.5. The second kappa shape index (κ2) is 8.74. The SMILES string of the molecule is Fc1ccc(-n2c(Cc3ccccc3)nnc2SCc2ccc3ccccc3c2)cc1. The minimum absolute atomic E-state index is 0.258. The monoisotopic (exact) mass is 425 g/mol. The fourth-order valence-electron chi connectivity index (χ4n) is 3.61. The maximum Gasteiger partial charge on any atom is 0.196 e. The number of rotatable bonds is 6. The number of halogens is 1. The zero-order chi connectivity index (χ0) is 21.0. The summed E-state index contributed by atoms with van der Waals surface area (Å²) in [5, 5.41) is 12.2. The molecule has 0 saturated carbocycles. The molecule has 5 rings (SSSR count). The van der Waals surface area contributed by atoms with Gasteiger partial charge >= 0.3 is 0 Å². The van der Waals surface area contributed by atoms with E-state index in [1.54, 1.807) is 23.9 Å². The third kappa shape index (κ3) is 4.37. The summed E-state index contributed by atoms with van der Waals surface area (Å²) in [6.07, 6.45) is 0.655. The van der Waals surface area contributed by atoms with Crippen molar-refractivity contribution in [2.45, 2.75) is 17.3 Å². The summed E-state index contributed by atoms with van der Waals surface area (Å²) in [4.78, 5) is 0. The topological polar surface area (TPSA) is 30.7 Å². The van der Waals surface area contributed by atoms with E-state index in [2.05, 4.69) is 64.8 Å². The molecule has 0 saturated heterocycles. The summed E-state index contributed by atoms with van der Waals surface area (Å²) < 4.78 is 15.6. The highest BCUT2D eigenvalue weighted by Gasteiger charge is 2.15. The molecule has 0 aliphatic rings. The van der Waals surface area contributed by atoms with Crippen molar-refractivity contribution in [3.63, 3.8) is 0 Å². The van der Waals surface area contributed by atoms with Gasteiger partial charge < -0.3 is 0 Å². The Morgan fingerprint density at radius 2 is 1.45 bits per heavy atom. The zero-order valence-corrected chi connectivity index (χ0v) is 17.6. The van der Waals surface area contributed by atoms with Gasteiger partial charge in [0.1, 0.15) is 11.6 Å². The highest BCUT2D eigenvalue weighted by atomic mass is 32.2. The maximum atomic E-state index is 13.5. The molecule has 0 atom stereocenters. The third-order valence-corrected chi connectivity index (χ3v) is 6.17. The van der Waals surface area contributed by atoms with E-state index in [0.29, 0.717) is 6.42 Å². The van der Waals surface area contributed by atoms with Crippen LogP contribution < -0.4 is 0 Å². The smallest absolute Gasteiger partial charge is 0.196 e. The quantitative estimate of drug-likeness (QED) is 0.293.